The summed E-state index contributed by atoms with van der Waals surface area (Å²) in [4.78, 5) is 84.6. The average molecular weight is 878 g/mol. The highest BCUT2D eigenvalue weighted by molar-refractivity contribution is 7.87. The standard InChI is InChI=1S/C44H59N7O10S/c1-25-6-9-32(26(2)18-25)36(52)24-31(12-13-45)44(57)51(5)41-30-8-11-40(61-17-15-47)34(23-30)33-21-29(7-10-39(33)60-16-14-46)22-35(49-42(55)27(3)20-38(41)54)37(53)19-28(4)43(56)50-62(48,58)59/h6-11,18,21,23,27-28,31,35,41H,12-17,19-20,22,24,45-47H2,1-5H3,(H,49,55)(H,50,56)(H2,48,58,59)/t27-,28-,31-,35+,41+/m1/s1. The lowest BCUT2D eigenvalue weighted by molar-refractivity contribution is -0.142. The van der Waals surface area contributed by atoms with Crippen LogP contribution in [-0.4, -0.2) is 94.3 Å². The van der Waals surface area contributed by atoms with E-state index in [0.717, 1.165) is 11.1 Å². The summed E-state index contributed by atoms with van der Waals surface area (Å²) in [5.74, 6) is -5.84. The summed E-state index contributed by atoms with van der Waals surface area (Å²) in [6.45, 7) is 7.29. The molecule has 1 aliphatic rings. The quantitative estimate of drug-likeness (QED) is 0.0998. The van der Waals surface area contributed by atoms with Crippen molar-refractivity contribution < 1.29 is 46.7 Å². The first-order chi connectivity index (χ1) is 29.3. The maximum absolute atomic E-state index is 14.7. The number of hydrogen-bond donors (Lipinski definition) is 6. The summed E-state index contributed by atoms with van der Waals surface area (Å²) >= 11 is 0. The molecule has 17 nitrogen and oxygen atoms in total. The minimum absolute atomic E-state index is 0.0686. The van der Waals surface area contributed by atoms with Crippen molar-refractivity contribution in [2.75, 3.05) is 39.9 Å². The van der Waals surface area contributed by atoms with Gasteiger partial charge >= 0.3 is 0 Å². The van der Waals surface area contributed by atoms with Crippen LogP contribution in [0.2, 0.25) is 0 Å². The van der Waals surface area contributed by atoms with Gasteiger partial charge in [0, 0.05) is 73.8 Å². The molecule has 0 spiro atoms. The van der Waals surface area contributed by atoms with Crippen LogP contribution in [0.1, 0.15) is 78.2 Å². The maximum atomic E-state index is 14.7. The zero-order valence-corrected chi connectivity index (χ0v) is 36.7. The van der Waals surface area contributed by atoms with Crippen LogP contribution in [0.3, 0.4) is 0 Å². The van der Waals surface area contributed by atoms with Crippen molar-refractivity contribution in [2.24, 2.45) is 40.1 Å². The molecule has 0 fully saturated rings. The largest absolute Gasteiger partial charge is 0.492 e. The van der Waals surface area contributed by atoms with Crippen molar-refractivity contribution in [1.82, 2.24) is 14.9 Å². The lowest BCUT2D eigenvalue weighted by atomic mass is 9.87. The molecular formula is C44H59N7O10S. The minimum atomic E-state index is -4.40. The van der Waals surface area contributed by atoms with E-state index in [0.29, 0.717) is 39.3 Å². The Bertz CT molecular complexity index is 2270. The summed E-state index contributed by atoms with van der Waals surface area (Å²) in [6.07, 6.45) is -0.909. The van der Waals surface area contributed by atoms with Crippen molar-refractivity contribution in [1.29, 1.82) is 0 Å². The molecule has 62 heavy (non-hydrogen) atoms. The van der Waals surface area contributed by atoms with Crippen LogP contribution in [0.15, 0.2) is 54.6 Å². The summed E-state index contributed by atoms with van der Waals surface area (Å²) in [6, 6.07) is 13.1. The number of carbonyl (C=O) groups excluding carboxylic acids is 6. The summed E-state index contributed by atoms with van der Waals surface area (Å²) < 4.78 is 36.9. The van der Waals surface area contributed by atoms with Gasteiger partial charge in [-0.15, -0.1) is 0 Å². The summed E-state index contributed by atoms with van der Waals surface area (Å²) in [5, 5.41) is 7.72. The molecule has 1 heterocycles. The van der Waals surface area contributed by atoms with Crippen molar-refractivity contribution in [3.8, 4) is 22.6 Å². The number of nitrogens with zero attached hydrogens (tertiary/aromatic N) is 1. The second-order valence-corrected chi connectivity index (χ2v) is 17.1. The first-order valence-electron chi connectivity index (χ1n) is 20.5. The van der Waals surface area contributed by atoms with Gasteiger partial charge in [-0.05, 0) is 74.2 Å². The number of hydrogen-bond acceptors (Lipinski definition) is 13. The van der Waals surface area contributed by atoms with Crippen LogP contribution in [0.5, 0.6) is 11.5 Å². The molecule has 4 rings (SSSR count). The average Bonchev–Trinajstić information content (AvgIpc) is 3.20. The fourth-order valence-corrected chi connectivity index (χ4v) is 8.01. The van der Waals surface area contributed by atoms with Gasteiger partial charge in [0.2, 0.25) is 17.7 Å². The van der Waals surface area contributed by atoms with Crippen LogP contribution in [0, 0.1) is 31.6 Å². The van der Waals surface area contributed by atoms with E-state index in [1.165, 1.54) is 25.8 Å². The molecule has 0 unspecified atom stereocenters. The maximum Gasteiger partial charge on any atom is 0.298 e. The summed E-state index contributed by atoms with van der Waals surface area (Å²) in [7, 11) is -2.93. The number of fused-ring (bicyclic) bond motifs is 5. The molecule has 0 radical (unpaired) electrons. The van der Waals surface area contributed by atoms with Gasteiger partial charge in [0.15, 0.2) is 17.3 Å². The lowest BCUT2D eigenvalue weighted by Crippen LogP contribution is -2.47. The van der Waals surface area contributed by atoms with Gasteiger partial charge in [-0.3, -0.25) is 28.8 Å². The Morgan fingerprint density at radius 3 is 2.10 bits per heavy atom. The number of amides is 3. The third-order valence-electron chi connectivity index (χ3n) is 10.7. The first kappa shape index (κ1) is 49.1. The third-order valence-corrected chi connectivity index (χ3v) is 11.2. The monoisotopic (exact) mass is 877 g/mol. The number of likely N-dealkylation sites (N-methyl/N-ethyl adjacent to an activating group) is 1. The number of ketones is 3. The Morgan fingerprint density at radius 1 is 0.871 bits per heavy atom. The Labute approximate surface area is 362 Å². The third kappa shape index (κ3) is 13.0. The van der Waals surface area contributed by atoms with Gasteiger partial charge in [-0.1, -0.05) is 49.7 Å². The predicted octanol–water partition coefficient (Wildman–Crippen LogP) is 1.93. The molecule has 1 aliphatic heterocycles. The zero-order valence-electron chi connectivity index (χ0n) is 35.9. The van der Waals surface area contributed by atoms with Crippen LogP contribution in [0.4, 0.5) is 0 Å². The van der Waals surface area contributed by atoms with Crippen LogP contribution < -0.4 is 41.9 Å². The molecule has 18 heteroatoms. The number of rotatable bonds is 18. The minimum Gasteiger partial charge on any atom is -0.492 e. The molecule has 3 amide bonds. The van der Waals surface area contributed by atoms with E-state index < -0.39 is 75.8 Å². The molecular weight excluding hydrogens is 819 g/mol. The molecule has 3 aromatic rings. The number of nitrogens with two attached hydrogens (primary N) is 4. The van der Waals surface area contributed by atoms with E-state index in [-0.39, 0.29) is 64.3 Å². The van der Waals surface area contributed by atoms with Crippen molar-refractivity contribution >= 4 is 45.3 Å². The fraction of sp³-hybridized carbons (Fsp3) is 0.455. The Hall–Kier alpha value is -5.53. The fourth-order valence-electron chi connectivity index (χ4n) is 7.53. The molecule has 0 saturated carbocycles. The Morgan fingerprint density at radius 2 is 1.50 bits per heavy atom. The Kier molecular flexibility index (Phi) is 17.4. The summed E-state index contributed by atoms with van der Waals surface area (Å²) in [5.41, 5.74) is 21.7. The van der Waals surface area contributed by atoms with Gasteiger partial charge in [0.05, 0.1) is 6.04 Å². The van der Waals surface area contributed by atoms with Crippen molar-refractivity contribution in [2.45, 2.75) is 71.9 Å². The van der Waals surface area contributed by atoms with Gasteiger partial charge in [0.25, 0.3) is 10.2 Å². The lowest BCUT2D eigenvalue weighted by Gasteiger charge is -2.32. The van der Waals surface area contributed by atoms with E-state index in [1.54, 1.807) is 47.2 Å². The van der Waals surface area contributed by atoms with Crippen molar-refractivity contribution in [3.05, 3.63) is 82.4 Å². The number of Topliss-reactive ketones (excluding diaryl/α,β-unsaturated/α-hetero) is 3. The second kappa shape index (κ2) is 22.0. The molecule has 5 atom stereocenters. The smallest absolute Gasteiger partial charge is 0.298 e. The molecule has 4 bridgehead atoms. The van der Waals surface area contributed by atoms with E-state index in [2.05, 4.69) is 5.32 Å². The molecule has 3 aromatic carbocycles. The highest BCUT2D eigenvalue weighted by atomic mass is 32.2. The number of benzene rings is 3. The van der Waals surface area contributed by atoms with E-state index in [1.807, 2.05) is 26.0 Å². The van der Waals surface area contributed by atoms with E-state index in [9.17, 15) is 37.2 Å². The van der Waals surface area contributed by atoms with Gasteiger partial charge < -0.3 is 36.9 Å². The predicted molar refractivity (Wildman–Crippen MR) is 233 cm³/mol. The van der Waals surface area contributed by atoms with Crippen LogP contribution >= 0.6 is 0 Å². The van der Waals surface area contributed by atoms with Gasteiger partial charge in [0.1, 0.15) is 30.8 Å². The SMILES string of the molecule is Cc1ccc(C(=O)C[C@@H](CCN)C(=O)N(C)[C@@H]2C(=O)C[C@@H](C)C(=O)N[C@H](C(=O)C[C@@H](C)C(=O)NS(N)(=O)=O)Cc3ccc(OCCN)c(c3)-c3cc2ccc3OCCN)c(C)c1. The molecule has 10 N–H and O–H groups in total. The van der Waals surface area contributed by atoms with Crippen molar-refractivity contribution in [3.63, 3.8) is 0 Å². The number of ether oxygens (including phenoxy) is 2. The van der Waals surface area contributed by atoms with E-state index in [4.69, 9.17) is 31.8 Å². The van der Waals surface area contributed by atoms with Gasteiger partial charge in [-0.25, -0.2) is 9.86 Å². The normalized spacial score (nSPS) is 17.8. The highest BCUT2D eigenvalue weighted by Gasteiger charge is 2.36. The second-order valence-electron chi connectivity index (χ2n) is 15.9. The van der Waals surface area contributed by atoms with E-state index >= 15 is 0 Å². The number of carbonyl (C=O) groups is 6. The van der Waals surface area contributed by atoms with Crippen LogP contribution in [-0.2, 0) is 40.6 Å². The highest BCUT2D eigenvalue weighted by Crippen LogP contribution is 2.41. The van der Waals surface area contributed by atoms with Gasteiger partial charge in [-0.2, -0.15) is 8.42 Å². The zero-order chi connectivity index (χ0) is 45.9. The topological polar surface area (TPSA) is 286 Å². The number of nitrogens with one attached hydrogen (secondary N) is 2. The number of aryl methyl sites for hydroxylation is 2. The van der Waals surface area contributed by atoms with Crippen LogP contribution in [0.25, 0.3) is 11.1 Å². The molecule has 336 valence electrons. The molecule has 0 saturated heterocycles. The molecule has 0 aromatic heterocycles. The Balaban J connectivity index is 1.87. The molecule has 0 aliphatic carbocycles. The first-order valence-corrected chi connectivity index (χ1v) is 22.0.